The Labute approximate surface area is 155 Å². The molecule has 1 aromatic carbocycles. The summed E-state index contributed by atoms with van der Waals surface area (Å²) in [5.41, 5.74) is 1.02. The van der Waals surface area contributed by atoms with Gasteiger partial charge in [0.25, 0.3) is 5.91 Å². The third kappa shape index (κ3) is 2.91. The number of amides is 2. The van der Waals surface area contributed by atoms with Gasteiger partial charge < -0.3 is 9.80 Å². The molecule has 3 heterocycles. The highest BCUT2D eigenvalue weighted by atomic mass is 32.1. The Morgan fingerprint density at radius 3 is 2.85 bits per heavy atom. The highest BCUT2D eigenvalue weighted by Crippen LogP contribution is 2.34. The lowest BCUT2D eigenvalue weighted by molar-refractivity contribution is -0.123. The lowest BCUT2D eigenvalue weighted by Crippen LogP contribution is -2.64. The molecule has 26 heavy (non-hydrogen) atoms. The van der Waals surface area contributed by atoms with E-state index in [-0.39, 0.29) is 17.4 Å². The van der Waals surface area contributed by atoms with Crippen molar-refractivity contribution in [1.82, 2.24) is 9.80 Å². The van der Waals surface area contributed by atoms with Crippen molar-refractivity contribution in [2.75, 3.05) is 38.1 Å². The Balaban J connectivity index is 1.55. The number of anilines is 1. The Morgan fingerprint density at radius 1 is 1.27 bits per heavy atom. The van der Waals surface area contributed by atoms with Gasteiger partial charge in [-0.2, -0.15) is 11.3 Å². The smallest absolute Gasteiger partial charge is 0.254 e. The summed E-state index contributed by atoms with van der Waals surface area (Å²) in [5.74, 6) is -0.492. The van der Waals surface area contributed by atoms with E-state index in [1.54, 1.807) is 28.4 Å². The van der Waals surface area contributed by atoms with Crippen LogP contribution in [0.25, 0.3) is 0 Å². The van der Waals surface area contributed by atoms with Crippen LogP contribution in [0.4, 0.5) is 10.1 Å². The van der Waals surface area contributed by atoms with Crippen LogP contribution in [-0.2, 0) is 4.79 Å². The highest BCUT2D eigenvalue weighted by Gasteiger charge is 2.48. The second-order valence-corrected chi connectivity index (χ2v) is 7.81. The van der Waals surface area contributed by atoms with Crippen LogP contribution in [0, 0.1) is 5.82 Å². The summed E-state index contributed by atoms with van der Waals surface area (Å²) >= 11 is 1.56. The third-order valence-electron chi connectivity index (χ3n) is 5.44. The van der Waals surface area contributed by atoms with Crippen molar-refractivity contribution >= 4 is 28.8 Å². The fourth-order valence-corrected chi connectivity index (χ4v) is 4.52. The molecule has 0 saturated carbocycles. The molecule has 0 radical (unpaired) electrons. The second-order valence-electron chi connectivity index (χ2n) is 7.03. The minimum absolute atomic E-state index is 0.0754. The van der Waals surface area contributed by atoms with E-state index < -0.39 is 5.82 Å². The zero-order chi connectivity index (χ0) is 18.3. The van der Waals surface area contributed by atoms with E-state index in [9.17, 15) is 14.0 Å². The molecule has 136 valence electrons. The number of benzene rings is 1. The number of rotatable bonds is 2. The summed E-state index contributed by atoms with van der Waals surface area (Å²) in [5, 5.41) is 3.93. The van der Waals surface area contributed by atoms with Gasteiger partial charge in [0.1, 0.15) is 5.82 Å². The SMILES string of the molecule is CN1CC(=O)N(c2ccsc2)C[C@]12CCN(C(=O)c1cccc(F)c1)C2. The minimum atomic E-state index is -0.409. The third-order valence-corrected chi connectivity index (χ3v) is 6.12. The van der Waals surface area contributed by atoms with Crippen molar-refractivity contribution in [3.63, 3.8) is 0 Å². The van der Waals surface area contributed by atoms with Crippen LogP contribution in [0.3, 0.4) is 0 Å². The molecular weight excluding hydrogens is 353 g/mol. The van der Waals surface area contributed by atoms with Crippen LogP contribution >= 0.6 is 11.3 Å². The number of piperazine rings is 1. The van der Waals surface area contributed by atoms with Gasteiger partial charge in [-0.25, -0.2) is 4.39 Å². The van der Waals surface area contributed by atoms with Crippen LogP contribution in [0.1, 0.15) is 16.8 Å². The fraction of sp³-hybridized carbons (Fsp3) is 0.368. The molecule has 2 aliphatic rings. The molecule has 7 heteroatoms. The second kappa shape index (κ2) is 6.48. The van der Waals surface area contributed by atoms with Crippen molar-refractivity contribution in [2.24, 2.45) is 0 Å². The molecule has 0 aliphatic carbocycles. The van der Waals surface area contributed by atoms with E-state index in [4.69, 9.17) is 0 Å². The van der Waals surface area contributed by atoms with Gasteiger partial charge in [-0.15, -0.1) is 0 Å². The Hall–Kier alpha value is -2.25. The van der Waals surface area contributed by atoms with Gasteiger partial charge in [0, 0.05) is 30.6 Å². The average Bonchev–Trinajstić information content (AvgIpc) is 3.29. The van der Waals surface area contributed by atoms with Gasteiger partial charge in [0.15, 0.2) is 0 Å². The molecule has 2 fully saturated rings. The van der Waals surface area contributed by atoms with E-state index in [1.165, 1.54) is 12.1 Å². The first-order valence-corrected chi connectivity index (χ1v) is 9.51. The standard InChI is InChI=1S/C19H20FN3O2S/c1-21-10-17(24)23(16-5-8-26-11-16)13-19(21)6-7-22(12-19)18(25)14-3-2-4-15(20)9-14/h2-5,8-9,11H,6-7,10,12-13H2,1H3/t19-/m1/s1. The molecule has 4 rings (SSSR count). The number of likely N-dealkylation sites (N-methyl/N-ethyl adjacent to an activating group) is 1. The molecule has 2 amide bonds. The van der Waals surface area contributed by atoms with Crippen LogP contribution in [-0.4, -0.2) is 60.4 Å². The van der Waals surface area contributed by atoms with Gasteiger partial charge in [0.2, 0.25) is 5.91 Å². The first kappa shape index (κ1) is 17.2. The fourth-order valence-electron chi connectivity index (χ4n) is 3.88. The molecule has 1 spiro atoms. The summed E-state index contributed by atoms with van der Waals surface area (Å²) in [7, 11) is 1.94. The first-order valence-electron chi connectivity index (χ1n) is 8.57. The minimum Gasteiger partial charge on any atom is -0.337 e. The lowest BCUT2D eigenvalue weighted by Gasteiger charge is -2.46. The van der Waals surface area contributed by atoms with Crippen molar-refractivity contribution < 1.29 is 14.0 Å². The molecule has 0 unspecified atom stereocenters. The maximum atomic E-state index is 13.5. The van der Waals surface area contributed by atoms with Gasteiger partial charge in [-0.05, 0) is 43.1 Å². The van der Waals surface area contributed by atoms with Crippen LogP contribution in [0.15, 0.2) is 41.1 Å². The van der Waals surface area contributed by atoms with Crippen LogP contribution in [0.2, 0.25) is 0 Å². The number of carbonyl (C=O) groups excluding carboxylic acids is 2. The molecule has 5 nitrogen and oxygen atoms in total. The predicted octanol–water partition coefficient (Wildman–Crippen LogP) is 2.45. The number of likely N-dealkylation sites (tertiary alicyclic amines) is 1. The van der Waals surface area contributed by atoms with E-state index in [1.807, 2.05) is 28.8 Å². The molecule has 1 aromatic heterocycles. The average molecular weight is 373 g/mol. The number of halogens is 1. The molecule has 0 bridgehead atoms. The Morgan fingerprint density at radius 2 is 2.12 bits per heavy atom. The van der Waals surface area contributed by atoms with Crippen LogP contribution < -0.4 is 4.90 Å². The van der Waals surface area contributed by atoms with E-state index >= 15 is 0 Å². The molecular formula is C19H20FN3O2S. The maximum absolute atomic E-state index is 13.5. The Kier molecular flexibility index (Phi) is 4.28. The van der Waals surface area contributed by atoms with Gasteiger partial charge in [0.05, 0.1) is 17.8 Å². The predicted molar refractivity (Wildman–Crippen MR) is 99.0 cm³/mol. The van der Waals surface area contributed by atoms with Gasteiger partial charge >= 0.3 is 0 Å². The molecule has 1 atom stereocenters. The zero-order valence-corrected chi connectivity index (χ0v) is 15.3. The normalized spacial score (nSPS) is 23.8. The summed E-state index contributed by atoms with van der Waals surface area (Å²) in [6.45, 7) is 2.03. The van der Waals surface area contributed by atoms with Crippen LogP contribution in [0.5, 0.6) is 0 Å². The summed E-state index contributed by atoms with van der Waals surface area (Å²) < 4.78 is 13.5. The number of hydrogen-bond acceptors (Lipinski definition) is 4. The quantitative estimate of drug-likeness (QED) is 0.812. The molecule has 2 aliphatic heterocycles. The first-order chi connectivity index (χ1) is 12.5. The Bertz CT molecular complexity index is 841. The number of nitrogens with zero attached hydrogens (tertiary/aromatic N) is 3. The van der Waals surface area contributed by atoms with Crippen molar-refractivity contribution in [1.29, 1.82) is 0 Å². The number of hydrogen-bond donors (Lipinski definition) is 0. The maximum Gasteiger partial charge on any atom is 0.254 e. The van der Waals surface area contributed by atoms with Gasteiger partial charge in [-0.1, -0.05) is 6.07 Å². The molecule has 0 N–H and O–H groups in total. The zero-order valence-electron chi connectivity index (χ0n) is 14.5. The van der Waals surface area contributed by atoms with Crippen molar-refractivity contribution in [3.05, 3.63) is 52.5 Å². The van der Waals surface area contributed by atoms with E-state index in [2.05, 4.69) is 4.90 Å². The number of carbonyl (C=O) groups is 2. The molecule has 2 saturated heterocycles. The largest absolute Gasteiger partial charge is 0.337 e. The van der Waals surface area contributed by atoms with E-state index in [0.717, 1.165) is 12.1 Å². The van der Waals surface area contributed by atoms with Crippen molar-refractivity contribution in [3.8, 4) is 0 Å². The van der Waals surface area contributed by atoms with Crippen molar-refractivity contribution in [2.45, 2.75) is 12.0 Å². The summed E-state index contributed by atoms with van der Waals surface area (Å²) in [6, 6.07) is 7.76. The van der Waals surface area contributed by atoms with Gasteiger partial charge in [-0.3, -0.25) is 14.5 Å². The lowest BCUT2D eigenvalue weighted by atomic mass is 9.93. The highest BCUT2D eigenvalue weighted by molar-refractivity contribution is 7.08. The topological polar surface area (TPSA) is 43.9 Å². The monoisotopic (exact) mass is 373 g/mol. The molecule has 2 aromatic rings. The number of thiophene rings is 1. The summed E-state index contributed by atoms with van der Waals surface area (Å²) in [4.78, 5) is 30.9. The summed E-state index contributed by atoms with van der Waals surface area (Å²) in [6.07, 6.45) is 0.790. The van der Waals surface area contributed by atoms with E-state index in [0.29, 0.717) is 31.7 Å².